The predicted molar refractivity (Wildman–Crippen MR) is 79.0 cm³/mol. The lowest BCUT2D eigenvalue weighted by Gasteiger charge is -2.12. The molecule has 2 N–H and O–H groups in total. The van der Waals surface area contributed by atoms with Crippen molar-refractivity contribution < 1.29 is 0 Å². The van der Waals surface area contributed by atoms with E-state index in [4.69, 9.17) is 28.9 Å². The minimum absolute atomic E-state index is 0.171. The molecule has 0 amide bonds. The van der Waals surface area contributed by atoms with Crippen LogP contribution in [-0.2, 0) is 6.42 Å². The standard InChI is InChI=1S/C13H11BrCl2N2/c14-9-1-2-12(18-7-9)6-13(17)8-3-10(15)5-11(16)4-8/h1-5,7,13H,6,17H2. The van der Waals surface area contributed by atoms with Gasteiger partial charge >= 0.3 is 0 Å². The van der Waals surface area contributed by atoms with Gasteiger partial charge in [-0.1, -0.05) is 23.2 Å². The number of benzene rings is 1. The molecule has 94 valence electrons. The van der Waals surface area contributed by atoms with Gasteiger partial charge in [-0.3, -0.25) is 4.98 Å². The summed E-state index contributed by atoms with van der Waals surface area (Å²) in [6.07, 6.45) is 2.40. The predicted octanol–water partition coefficient (Wildman–Crippen LogP) is 4.39. The van der Waals surface area contributed by atoms with Crippen LogP contribution in [0.15, 0.2) is 41.0 Å². The first-order valence-corrected chi connectivity index (χ1v) is 6.91. The maximum atomic E-state index is 6.13. The molecule has 1 unspecified atom stereocenters. The summed E-state index contributed by atoms with van der Waals surface area (Å²) in [6.45, 7) is 0. The lowest BCUT2D eigenvalue weighted by atomic mass is 10.0. The summed E-state index contributed by atoms with van der Waals surface area (Å²) in [4.78, 5) is 4.30. The van der Waals surface area contributed by atoms with Gasteiger partial charge in [0.05, 0.1) is 0 Å². The van der Waals surface area contributed by atoms with Crippen molar-refractivity contribution in [1.82, 2.24) is 4.98 Å². The van der Waals surface area contributed by atoms with Crippen LogP contribution >= 0.6 is 39.1 Å². The highest BCUT2D eigenvalue weighted by Gasteiger charge is 2.09. The van der Waals surface area contributed by atoms with Gasteiger partial charge in [0.25, 0.3) is 0 Å². The molecular weight excluding hydrogens is 335 g/mol. The largest absolute Gasteiger partial charge is 0.324 e. The highest BCUT2D eigenvalue weighted by atomic mass is 79.9. The van der Waals surface area contributed by atoms with Gasteiger partial charge in [0, 0.05) is 38.9 Å². The Morgan fingerprint density at radius 2 is 1.83 bits per heavy atom. The van der Waals surface area contributed by atoms with Crippen molar-refractivity contribution in [3.05, 3.63) is 62.3 Å². The van der Waals surface area contributed by atoms with Crippen LogP contribution in [0, 0.1) is 0 Å². The van der Waals surface area contributed by atoms with E-state index >= 15 is 0 Å². The first kappa shape index (κ1) is 13.8. The molecular formula is C13H11BrCl2N2. The van der Waals surface area contributed by atoms with E-state index in [9.17, 15) is 0 Å². The Hall–Kier alpha value is -0.610. The molecule has 0 aliphatic carbocycles. The molecule has 2 rings (SSSR count). The molecule has 0 aliphatic rings. The molecule has 0 spiro atoms. The van der Waals surface area contributed by atoms with Crippen molar-refractivity contribution in [2.45, 2.75) is 12.5 Å². The van der Waals surface area contributed by atoms with Crippen molar-refractivity contribution in [3.63, 3.8) is 0 Å². The van der Waals surface area contributed by atoms with Crippen molar-refractivity contribution >= 4 is 39.1 Å². The van der Waals surface area contributed by atoms with Crippen LogP contribution in [0.5, 0.6) is 0 Å². The topological polar surface area (TPSA) is 38.9 Å². The molecule has 0 radical (unpaired) electrons. The fourth-order valence-corrected chi connectivity index (χ4v) is 2.44. The van der Waals surface area contributed by atoms with Crippen LogP contribution in [0.4, 0.5) is 0 Å². The lowest BCUT2D eigenvalue weighted by molar-refractivity contribution is 0.706. The molecule has 2 aromatic rings. The van der Waals surface area contributed by atoms with Crippen LogP contribution in [0.1, 0.15) is 17.3 Å². The van der Waals surface area contributed by atoms with Gasteiger partial charge in [0.2, 0.25) is 0 Å². The third kappa shape index (κ3) is 3.69. The Labute approximate surface area is 124 Å². The number of pyridine rings is 1. The summed E-state index contributed by atoms with van der Waals surface area (Å²) in [7, 11) is 0. The van der Waals surface area contributed by atoms with Gasteiger partial charge in [0.1, 0.15) is 0 Å². The minimum atomic E-state index is -0.171. The van der Waals surface area contributed by atoms with E-state index in [1.165, 1.54) is 0 Å². The molecule has 1 aromatic heterocycles. The van der Waals surface area contributed by atoms with E-state index in [-0.39, 0.29) is 6.04 Å². The SMILES string of the molecule is NC(Cc1ccc(Br)cn1)c1cc(Cl)cc(Cl)c1. The lowest BCUT2D eigenvalue weighted by Crippen LogP contribution is -2.14. The number of aromatic nitrogens is 1. The molecule has 1 aromatic carbocycles. The fourth-order valence-electron chi connectivity index (χ4n) is 1.66. The Morgan fingerprint density at radius 3 is 2.39 bits per heavy atom. The molecule has 0 saturated carbocycles. The van der Waals surface area contributed by atoms with Crippen LogP contribution in [0.2, 0.25) is 10.0 Å². The summed E-state index contributed by atoms with van der Waals surface area (Å²) in [5.74, 6) is 0. The van der Waals surface area contributed by atoms with Gasteiger partial charge in [-0.25, -0.2) is 0 Å². The van der Waals surface area contributed by atoms with Gasteiger partial charge in [0.15, 0.2) is 0 Å². The fraction of sp³-hybridized carbons (Fsp3) is 0.154. The van der Waals surface area contributed by atoms with E-state index in [0.717, 1.165) is 15.7 Å². The zero-order valence-electron chi connectivity index (χ0n) is 9.41. The Balaban J connectivity index is 2.16. The monoisotopic (exact) mass is 344 g/mol. The van der Waals surface area contributed by atoms with Gasteiger partial charge in [-0.2, -0.15) is 0 Å². The number of halogens is 3. The molecule has 1 atom stereocenters. The average molecular weight is 346 g/mol. The summed E-state index contributed by atoms with van der Waals surface area (Å²) in [6, 6.07) is 9.07. The van der Waals surface area contributed by atoms with Crippen LogP contribution < -0.4 is 5.73 Å². The normalized spacial score (nSPS) is 12.4. The van der Waals surface area contributed by atoms with Crippen LogP contribution in [0.25, 0.3) is 0 Å². The minimum Gasteiger partial charge on any atom is -0.324 e. The molecule has 0 aliphatic heterocycles. The Kier molecular flexibility index (Phi) is 4.62. The third-order valence-electron chi connectivity index (χ3n) is 2.53. The first-order valence-electron chi connectivity index (χ1n) is 5.36. The molecule has 0 bridgehead atoms. The zero-order valence-corrected chi connectivity index (χ0v) is 12.5. The number of nitrogens with two attached hydrogens (primary N) is 1. The summed E-state index contributed by atoms with van der Waals surface area (Å²) < 4.78 is 0.950. The van der Waals surface area contributed by atoms with E-state index in [0.29, 0.717) is 16.5 Å². The second-order valence-electron chi connectivity index (χ2n) is 3.98. The maximum Gasteiger partial charge on any atom is 0.0424 e. The maximum absolute atomic E-state index is 6.13. The van der Waals surface area contributed by atoms with Crippen LogP contribution in [0.3, 0.4) is 0 Å². The molecule has 1 heterocycles. The first-order chi connectivity index (χ1) is 8.54. The highest BCUT2D eigenvalue weighted by molar-refractivity contribution is 9.10. The van der Waals surface area contributed by atoms with E-state index in [1.807, 2.05) is 24.3 Å². The second kappa shape index (κ2) is 6.02. The van der Waals surface area contributed by atoms with Crippen molar-refractivity contribution in [1.29, 1.82) is 0 Å². The van der Waals surface area contributed by atoms with Crippen molar-refractivity contribution in [2.24, 2.45) is 5.73 Å². The summed E-state index contributed by atoms with van der Waals surface area (Å²) in [5.41, 5.74) is 7.98. The van der Waals surface area contributed by atoms with E-state index in [2.05, 4.69) is 20.9 Å². The smallest absolute Gasteiger partial charge is 0.0424 e. The van der Waals surface area contributed by atoms with E-state index < -0.39 is 0 Å². The van der Waals surface area contributed by atoms with Gasteiger partial charge in [-0.05, 0) is 51.8 Å². The number of hydrogen-bond donors (Lipinski definition) is 1. The van der Waals surface area contributed by atoms with Gasteiger partial charge < -0.3 is 5.73 Å². The number of hydrogen-bond acceptors (Lipinski definition) is 2. The quantitative estimate of drug-likeness (QED) is 0.895. The van der Waals surface area contributed by atoms with E-state index in [1.54, 1.807) is 12.3 Å². The molecule has 18 heavy (non-hydrogen) atoms. The molecule has 5 heteroatoms. The molecule has 2 nitrogen and oxygen atoms in total. The third-order valence-corrected chi connectivity index (χ3v) is 3.44. The Morgan fingerprint density at radius 1 is 1.17 bits per heavy atom. The highest BCUT2D eigenvalue weighted by Crippen LogP contribution is 2.24. The summed E-state index contributed by atoms with van der Waals surface area (Å²) >= 11 is 15.3. The zero-order chi connectivity index (χ0) is 13.1. The molecule has 0 fully saturated rings. The Bertz CT molecular complexity index is 523. The second-order valence-corrected chi connectivity index (χ2v) is 5.77. The number of nitrogens with zero attached hydrogens (tertiary/aromatic N) is 1. The number of rotatable bonds is 3. The van der Waals surface area contributed by atoms with Gasteiger partial charge in [-0.15, -0.1) is 0 Å². The average Bonchev–Trinajstić information content (AvgIpc) is 2.31. The van der Waals surface area contributed by atoms with Crippen LogP contribution in [-0.4, -0.2) is 4.98 Å². The van der Waals surface area contributed by atoms with Crippen molar-refractivity contribution in [3.8, 4) is 0 Å². The van der Waals surface area contributed by atoms with Crippen molar-refractivity contribution in [2.75, 3.05) is 0 Å². The molecule has 0 saturated heterocycles. The summed E-state index contributed by atoms with van der Waals surface area (Å²) in [5, 5.41) is 1.19.